The van der Waals surface area contributed by atoms with E-state index in [1.807, 2.05) is 32.2 Å². The van der Waals surface area contributed by atoms with E-state index in [2.05, 4.69) is 21.2 Å². The third-order valence-corrected chi connectivity index (χ3v) is 4.43. The van der Waals surface area contributed by atoms with Crippen molar-refractivity contribution in [3.05, 3.63) is 68.4 Å². The molecule has 1 nitrogen and oxygen atoms in total. The third kappa shape index (κ3) is 2.99. The number of benzene rings is 2. The molecule has 0 spiro atoms. The van der Waals surface area contributed by atoms with E-state index in [0.29, 0.717) is 5.02 Å². The molecule has 2 aromatic rings. The van der Waals surface area contributed by atoms with E-state index in [-0.39, 0.29) is 11.9 Å². The van der Waals surface area contributed by atoms with Gasteiger partial charge in [0.05, 0.1) is 11.1 Å². The summed E-state index contributed by atoms with van der Waals surface area (Å²) in [7, 11) is 1.87. The van der Waals surface area contributed by atoms with Crippen LogP contribution in [0, 0.1) is 12.7 Å². The Bertz CT molecular complexity index is 601. The van der Waals surface area contributed by atoms with Gasteiger partial charge in [0.2, 0.25) is 0 Å². The Morgan fingerprint density at radius 3 is 2.58 bits per heavy atom. The Morgan fingerprint density at radius 1 is 1.21 bits per heavy atom. The fraction of sp³-hybridized carbons (Fsp3) is 0.200. The normalized spacial score (nSPS) is 12.5. The van der Waals surface area contributed by atoms with Crippen molar-refractivity contribution in [2.24, 2.45) is 0 Å². The van der Waals surface area contributed by atoms with Gasteiger partial charge in [-0.1, -0.05) is 29.8 Å². The molecule has 0 aliphatic heterocycles. The number of aryl methyl sites for hydroxylation is 1. The van der Waals surface area contributed by atoms with E-state index in [0.717, 1.165) is 21.2 Å². The van der Waals surface area contributed by atoms with Crippen LogP contribution >= 0.6 is 27.5 Å². The number of halogens is 3. The van der Waals surface area contributed by atoms with Crippen LogP contribution in [-0.4, -0.2) is 7.05 Å². The monoisotopic (exact) mass is 341 g/mol. The maximum absolute atomic E-state index is 13.2. The highest BCUT2D eigenvalue weighted by atomic mass is 79.9. The van der Waals surface area contributed by atoms with Gasteiger partial charge in [0.1, 0.15) is 5.82 Å². The first-order valence-electron chi connectivity index (χ1n) is 5.92. The van der Waals surface area contributed by atoms with Crippen molar-refractivity contribution in [1.82, 2.24) is 5.32 Å². The van der Waals surface area contributed by atoms with E-state index < -0.39 is 0 Å². The van der Waals surface area contributed by atoms with E-state index in [1.165, 1.54) is 12.1 Å². The van der Waals surface area contributed by atoms with Gasteiger partial charge in [-0.25, -0.2) is 4.39 Å². The summed E-state index contributed by atoms with van der Waals surface area (Å²) >= 11 is 9.77. The molecule has 1 N–H and O–H groups in total. The largest absolute Gasteiger partial charge is 0.309 e. The second-order valence-electron chi connectivity index (χ2n) is 4.37. The van der Waals surface area contributed by atoms with Crippen LogP contribution in [0.25, 0.3) is 0 Å². The fourth-order valence-electron chi connectivity index (χ4n) is 2.18. The van der Waals surface area contributed by atoms with Crippen molar-refractivity contribution in [3.8, 4) is 0 Å². The van der Waals surface area contributed by atoms with Gasteiger partial charge in [0.15, 0.2) is 0 Å². The number of rotatable bonds is 3. The Kier molecular flexibility index (Phi) is 4.61. The SMILES string of the molecule is CNC(c1ccc(F)cc1C)c1cccc(Br)c1Cl. The fourth-order valence-corrected chi connectivity index (χ4v) is 2.80. The Morgan fingerprint density at radius 2 is 1.95 bits per heavy atom. The molecule has 0 fully saturated rings. The summed E-state index contributed by atoms with van der Waals surface area (Å²) < 4.78 is 14.1. The average Bonchev–Trinajstić information content (AvgIpc) is 2.37. The lowest BCUT2D eigenvalue weighted by atomic mass is 9.95. The Balaban J connectivity index is 2.53. The summed E-state index contributed by atoms with van der Waals surface area (Å²) in [6.07, 6.45) is 0. The molecule has 0 saturated heterocycles. The van der Waals surface area contributed by atoms with E-state index in [9.17, 15) is 4.39 Å². The lowest BCUT2D eigenvalue weighted by molar-refractivity contribution is 0.621. The van der Waals surface area contributed by atoms with Gasteiger partial charge >= 0.3 is 0 Å². The highest BCUT2D eigenvalue weighted by Gasteiger charge is 2.18. The Labute approximate surface area is 125 Å². The number of hydrogen-bond donors (Lipinski definition) is 1. The molecule has 1 atom stereocenters. The highest BCUT2D eigenvalue weighted by molar-refractivity contribution is 9.10. The summed E-state index contributed by atoms with van der Waals surface area (Å²) in [5.74, 6) is -0.226. The van der Waals surface area contributed by atoms with Crippen LogP contribution in [-0.2, 0) is 0 Å². The third-order valence-electron chi connectivity index (χ3n) is 3.12. The molecule has 2 aromatic carbocycles. The van der Waals surface area contributed by atoms with Gasteiger partial charge in [0, 0.05) is 4.47 Å². The van der Waals surface area contributed by atoms with Gasteiger partial charge in [-0.05, 0) is 64.8 Å². The molecule has 100 valence electrons. The summed E-state index contributed by atoms with van der Waals surface area (Å²) in [6.45, 7) is 1.90. The summed E-state index contributed by atoms with van der Waals surface area (Å²) in [5, 5.41) is 3.91. The molecule has 0 aliphatic carbocycles. The van der Waals surface area contributed by atoms with Crippen molar-refractivity contribution in [2.45, 2.75) is 13.0 Å². The molecular formula is C15H14BrClFN. The molecule has 1 unspecified atom stereocenters. The topological polar surface area (TPSA) is 12.0 Å². The van der Waals surface area contributed by atoms with E-state index >= 15 is 0 Å². The minimum absolute atomic E-state index is 0.0643. The Hall–Kier alpha value is -0.900. The van der Waals surface area contributed by atoms with E-state index in [1.54, 1.807) is 6.07 Å². The first-order chi connectivity index (χ1) is 9.04. The molecule has 0 amide bonds. The molecular weight excluding hydrogens is 329 g/mol. The molecule has 4 heteroatoms. The van der Waals surface area contributed by atoms with Crippen LogP contribution in [0.5, 0.6) is 0 Å². The quantitative estimate of drug-likeness (QED) is 0.840. The molecule has 0 aliphatic rings. The predicted molar refractivity (Wildman–Crippen MR) is 81.2 cm³/mol. The van der Waals surface area contributed by atoms with E-state index in [4.69, 9.17) is 11.6 Å². The van der Waals surface area contributed by atoms with Gasteiger partial charge in [-0.15, -0.1) is 0 Å². The molecule has 2 rings (SSSR count). The molecule has 0 bridgehead atoms. The standard InChI is InChI=1S/C15H14BrClFN/c1-9-8-10(18)6-7-11(9)15(19-2)12-4-3-5-13(16)14(12)17/h3-8,15,19H,1-2H3. The summed E-state index contributed by atoms with van der Waals surface area (Å²) in [6, 6.07) is 10.5. The second kappa shape index (κ2) is 6.04. The molecule has 19 heavy (non-hydrogen) atoms. The zero-order chi connectivity index (χ0) is 14.0. The molecule has 0 radical (unpaired) electrons. The minimum Gasteiger partial charge on any atom is -0.309 e. The van der Waals surface area contributed by atoms with Gasteiger partial charge in [-0.2, -0.15) is 0 Å². The first-order valence-corrected chi connectivity index (χ1v) is 7.09. The second-order valence-corrected chi connectivity index (χ2v) is 5.60. The average molecular weight is 343 g/mol. The lowest BCUT2D eigenvalue weighted by Crippen LogP contribution is -2.19. The first kappa shape index (κ1) is 14.5. The van der Waals surface area contributed by atoms with Gasteiger partial charge in [-0.3, -0.25) is 0 Å². The maximum Gasteiger partial charge on any atom is 0.123 e. The highest BCUT2D eigenvalue weighted by Crippen LogP contribution is 2.34. The van der Waals surface area contributed by atoms with Crippen molar-refractivity contribution in [1.29, 1.82) is 0 Å². The van der Waals surface area contributed by atoms with Crippen LogP contribution in [0.1, 0.15) is 22.7 Å². The van der Waals surface area contributed by atoms with Crippen LogP contribution in [0.4, 0.5) is 4.39 Å². The van der Waals surface area contributed by atoms with Crippen LogP contribution < -0.4 is 5.32 Å². The number of hydrogen-bond acceptors (Lipinski definition) is 1. The predicted octanol–water partition coefficient (Wildman–Crippen LogP) is 4.86. The zero-order valence-corrected chi connectivity index (χ0v) is 13.0. The summed E-state index contributed by atoms with van der Waals surface area (Å²) in [5.41, 5.74) is 2.88. The molecule has 0 saturated carbocycles. The van der Waals surface area contributed by atoms with Crippen LogP contribution in [0.15, 0.2) is 40.9 Å². The molecule has 0 aromatic heterocycles. The maximum atomic E-state index is 13.2. The van der Waals surface area contributed by atoms with Crippen molar-refractivity contribution in [3.63, 3.8) is 0 Å². The van der Waals surface area contributed by atoms with Crippen molar-refractivity contribution >= 4 is 27.5 Å². The summed E-state index contributed by atoms with van der Waals surface area (Å²) in [4.78, 5) is 0. The number of nitrogens with one attached hydrogen (secondary N) is 1. The van der Waals surface area contributed by atoms with Gasteiger partial charge in [0.25, 0.3) is 0 Å². The lowest BCUT2D eigenvalue weighted by Gasteiger charge is -2.21. The van der Waals surface area contributed by atoms with Crippen LogP contribution in [0.2, 0.25) is 5.02 Å². The minimum atomic E-state index is -0.226. The van der Waals surface area contributed by atoms with Crippen molar-refractivity contribution < 1.29 is 4.39 Å². The van der Waals surface area contributed by atoms with Gasteiger partial charge < -0.3 is 5.32 Å². The van der Waals surface area contributed by atoms with Crippen molar-refractivity contribution in [2.75, 3.05) is 7.05 Å². The van der Waals surface area contributed by atoms with Crippen LogP contribution in [0.3, 0.4) is 0 Å². The zero-order valence-electron chi connectivity index (χ0n) is 10.7. The molecule has 0 heterocycles. The smallest absolute Gasteiger partial charge is 0.123 e.